The highest BCUT2D eigenvalue weighted by atomic mass is 16.5. The van der Waals surface area contributed by atoms with Crippen LogP contribution in [0, 0.1) is 13.8 Å². The molecule has 0 bridgehead atoms. The van der Waals surface area contributed by atoms with Crippen LogP contribution in [0.2, 0.25) is 0 Å². The maximum Gasteiger partial charge on any atom is 0.251 e. The highest BCUT2D eigenvalue weighted by molar-refractivity contribution is 5.95. The molecule has 4 rings (SSSR count). The first-order valence-electron chi connectivity index (χ1n) is 12.0. The second kappa shape index (κ2) is 11.6. The van der Waals surface area contributed by atoms with Gasteiger partial charge in [0, 0.05) is 50.4 Å². The number of ether oxygens (including phenoxy) is 2. The van der Waals surface area contributed by atoms with Crippen LogP contribution in [0.4, 0.5) is 5.69 Å². The molecule has 2 heterocycles. The predicted molar refractivity (Wildman–Crippen MR) is 135 cm³/mol. The second-order valence-electron chi connectivity index (χ2n) is 8.67. The van der Waals surface area contributed by atoms with Crippen LogP contribution < -0.4 is 19.7 Å². The lowest BCUT2D eigenvalue weighted by Crippen LogP contribution is -2.49. The average Bonchev–Trinajstić information content (AvgIpc) is 3.24. The van der Waals surface area contributed by atoms with Gasteiger partial charge in [0.15, 0.2) is 11.5 Å². The average molecular weight is 493 g/mol. The van der Waals surface area contributed by atoms with E-state index < -0.39 is 0 Å². The number of hydrogen-bond acceptors (Lipinski definition) is 7. The molecule has 9 heteroatoms. The van der Waals surface area contributed by atoms with Gasteiger partial charge in [0.05, 0.1) is 18.4 Å². The number of benzene rings is 2. The number of piperazine rings is 1. The van der Waals surface area contributed by atoms with Crippen LogP contribution in [0.25, 0.3) is 0 Å². The summed E-state index contributed by atoms with van der Waals surface area (Å²) in [5.41, 5.74) is 3.26. The van der Waals surface area contributed by atoms with E-state index in [1.165, 1.54) is 12.8 Å². The summed E-state index contributed by atoms with van der Waals surface area (Å²) in [6, 6.07) is 15.2. The number of methoxy groups -OCH3 is 1. The van der Waals surface area contributed by atoms with Gasteiger partial charge in [-0.2, -0.15) is 0 Å². The van der Waals surface area contributed by atoms with E-state index in [1.807, 2.05) is 36.9 Å². The molecule has 2 aromatic carbocycles. The molecule has 3 aromatic rings. The standard InChI is InChI=1S/C27H32N4O5/c1-19-23(20(2)36-29-19)18-35-24-10-9-21(17-25(24)34-3)27(33)28-12-11-26(32)31-15-13-30(14-16-31)22-7-5-4-6-8-22/h4-10,17H,11-16,18H2,1-3H3,(H,28,33). The summed E-state index contributed by atoms with van der Waals surface area (Å²) in [6.07, 6.45) is 0.257. The smallest absolute Gasteiger partial charge is 0.251 e. The molecule has 1 aliphatic heterocycles. The molecule has 1 aromatic heterocycles. The lowest BCUT2D eigenvalue weighted by Gasteiger charge is -2.36. The summed E-state index contributed by atoms with van der Waals surface area (Å²) in [7, 11) is 1.52. The van der Waals surface area contributed by atoms with Crippen LogP contribution in [0.1, 0.15) is 33.8 Å². The van der Waals surface area contributed by atoms with Crippen molar-refractivity contribution in [1.82, 2.24) is 15.4 Å². The minimum Gasteiger partial charge on any atom is -0.493 e. The van der Waals surface area contributed by atoms with Crippen LogP contribution in [0.3, 0.4) is 0 Å². The van der Waals surface area contributed by atoms with E-state index in [2.05, 4.69) is 27.5 Å². The fourth-order valence-electron chi connectivity index (χ4n) is 4.18. The number of amides is 2. The van der Waals surface area contributed by atoms with Crippen LogP contribution in [-0.4, -0.2) is 61.7 Å². The number of carbonyl (C=O) groups excluding carboxylic acids is 2. The minimum atomic E-state index is -0.271. The maximum absolute atomic E-state index is 12.7. The second-order valence-corrected chi connectivity index (χ2v) is 8.67. The molecule has 0 unspecified atom stereocenters. The highest BCUT2D eigenvalue weighted by Crippen LogP contribution is 2.29. The molecule has 190 valence electrons. The molecule has 0 radical (unpaired) electrons. The Balaban J connectivity index is 1.24. The monoisotopic (exact) mass is 492 g/mol. The SMILES string of the molecule is COc1cc(C(=O)NCCC(=O)N2CCN(c3ccccc3)CC2)ccc1OCc1c(C)noc1C. The zero-order valence-corrected chi connectivity index (χ0v) is 21.0. The van der Waals surface area contributed by atoms with Crippen LogP contribution in [0.5, 0.6) is 11.5 Å². The molecule has 0 spiro atoms. The molecule has 1 saturated heterocycles. The Morgan fingerprint density at radius 3 is 2.44 bits per heavy atom. The number of hydrogen-bond donors (Lipinski definition) is 1. The molecule has 0 saturated carbocycles. The van der Waals surface area contributed by atoms with Gasteiger partial charge in [0.1, 0.15) is 12.4 Å². The van der Waals surface area contributed by atoms with Gasteiger partial charge < -0.3 is 29.1 Å². The van der Waals surface area contributed by atoms with Gasteiger partial charge in [-0.1, -0.05) is 23.4 Å². The third-order valence-electron chi connectivity index (χ3n) is 6.36. The zero-order valence-electron chi connectivity index (χ0n) is 21.0. The van der Waals surface area contributed by atoms with Crippen molar-refractivity contribution in [2.75, 3.05) is 44.7 Å². The summed E-state index contributed by atoms with van der Waals surface area (Å²) in [5.74, 6) is 1.44. The molecule has 9 nitrogen and oxygen atoms in total. The Hall–Kier alpha value is -4.01. The Bertz CT molecular complexity index is 1170. The van der Waals surface area contributed by atoms with E-state index in [0.29, 0.717) is 35.9 Å². The largest absolute Gasteiger partial charge is 0.493 e. The molecule has 36 heavy (non-hydrogen) atoms. The topological polar surface area (TPSA) is 97.1 Å². The minimum absolute atomic E-state index is 0.0451. The first kappa shape index (κ1) is 25.1. The van der Waals surface area contributed by atoms with Crippen molar-refractivity contribution in [2.45, 2.75) is 26.9 Å². The fourth-order valence-corrected chi connectivity index (χ4v) is 4.18. The lowest BCUT2D eigenvalue weighted by atomic mass is 10.1. The van der Waals surface area contributed by atoms with E-state index >= 15 is 0 Å². The number of rotatable bonds is 9. The summed E-state index contributed by atoms with van der Waals surface area (Å²) in [4.78, 5) is 29.4. The number of aryl methyl sites for hydroxylation is 2. The first-order valence-corrected chi connectivity index (χ1v) is 12.0. The van der Waals surface area contributed by atoms with Gasteiger partial charge in [-0.3, -0.25) is 9.59 Å². The van der Waals surface area contributed by atoms with Crippen molar-refractivity contribution in [3.8, 4) is 11.5 Å². The molecule has 1 aliphatic rings. The van der Waals surface area contributed by atoms with Crippen molar-refractivity contribution >= 4 is 17.5 Å². The Morgan fingerprint density at radius 2 is 1.78 bits per heavy atom. The number of nitrogens with one attached hydrogen (secondary N) is 1. The van der Waals surface area contributed by atoms with E-state index in [0.717, 1.165) is 24.3 Å². The van der Waals surface area contributed by atoms with Gasteiger partial charge in [-0.15, -0.1) is 0 Å². The van der Waals surface area contributed by atoms with E-state index in [4.69, 9.17) is 14.0 Å². The van der Waals surface area contributed by atoms with Crippen molar-refractivity contribution in [2.24, 2.45) is 0 Å². The third kappa shape index (κ3) is 5.97. The Morgan fingerprint density at radius 1 is 1.03 bits per heavy atom. The Kier molecular flexibility index (Phi) is 8.10. The molecule has 1 fully saturated rings. The summed E-state index contributed by atoms with van der Waals surface area (Å²) in [6.45, 7) is 7.18. The number of anilines is 1. The third-order valence-corrected chi connectivity index (χ3v) is 6.36. The van der Waals surface area contributed by atoms with E-state index in [-0.39, 0.29) is 31.4 Å². The van der Waals surface area contributed by atoms with E-state index in [1.54, 1.807) is 18.2 Å². The van der Waals surface area contributed by atoms with Crippen LogP contribution >= 0.6 is 0 Å². The highest BCUT2D eigenvalue weighted by Gasteiger charge is 2.21. The van der Waals surface area contributed by atoms with Crippen LogP contribution in [-0.2, 0) is 11.4 Å². The summed E-state index contributed by atoms with van der Waals surface area (Å²) in [5, 5.41) is 6.76. The first-order chi connectivity index (χ1) is 17.5. The molecule has 2 amide bonds. The van der Waals surface area contributed by atoms with Gasteiger partial charge in [0.25, 0.3) is 5.91 Å². The van der Waals surface area contributed by atoms with Crippen molar-refractivity contribution in [3.63, 3.8) is 0 Å². The molecule has 1 N–H and O–H groups in total. The van der Waals surface area contributed by atoms with E-state index in [9.17, 15) is 9.59 Å². The van der Waals surface area contributed by atoms with Crippen molar-refractivity contribution in [1.29, 1.82) is 0 Å². The van der Waals surface area contributed by atoms with Crippen molar-refractivity contribution < 1.29 is 23.6 Å². The van der Waals surface area contributed by atoms with Crippen LogP contribution in [0.15, 0.2) is 53.1 Å². The summed E-state index contributed by atoms with van der Waals surface area (Å²) < 4.78 is 16.5. The molecule has 0 aliphatic carbocycles. The number of aromatic nitrogens is 1. The summed E-state index contributed by atoms with van der Waals surface area (Å²) >= 11 is 0. The molecular formula is C27H32N4O5. The van der Waals surface area contributed by atoms with Crippen molar-refractivity contribution in [3.05, 3.63) is 71.1 Å². The quantitative estimate of drug-likeness (QED) is 0.489. The Labute approximate surface area is 211 Å². The number of nitrogens with zero attached hydrogens (tertiary/aromatic N) is 3. The van der Waals surface area contributed by atoms with Gasteiger partial charge in [-0.05, 0) is 44.2 Å². The van der Waals surface area contributed by atoms with Gasteiger partial charge in [0.2, 0.25) is 5.91 Å². The maximum atomic E-state index is 12.7. The predicted octanol–water partition coefficient (Wildman–Crippen LogP) is 3.35. The lowest BCUT2D eigenvalue weighted by molar-refractivity contribution is -0.131. The number of para-hydroxylation sites is 1. The van der Waals surface area contributed by atoms with Gasteiger partial charge >= 0.3 is 0 Å². The molecular weight excluding hydrogens is 460 g/mol. The number of carbonyl (C=O) groups is 2. The zero-order chi connectivity index (χ0) is 25.5. The van der Waals surface area contributed by atoms with Gasteiger partial charge in [-0.25, -0.2) is 0 Å². The molecule has 0 atom stereocenters. The fraction of sp³-hybridized carbons (Fsp3) is 0.370. The normalized spacial score (nSPS) is 13.4.